The standard InChI is InChI=1S/C17H29NOS/c1-4-11-18-17(13-19,14-20-12-15(3)5-2)16-9-7-6-8-10-16/h6-10,15,18-19H,4-5,11-14H2,1-3H3. The van der Waals surface area contributed by atoms with E-state index >= 15 is 0 Å². The summed E-state index contributed by atoms with van der Waals surface area (Å²) in [5, 5.41) is 13.6. The van der Waals surface area contributed by atoms with Crippen molar-refractivity contribution >= 4 is 11.8 Å². The predicted octanol–water partition coefficient (Wildman–Crippen LogP) is 3.65. The summed E-state index contributed by atoms with van der Waals surface area (Å²) in [7, 11) is 0. The summed E-state index contributed by atoms with van der Waals surface area (Å²) in [6, 6.07) is 10.3. The van der Waals surface area contributed by atoms with Gasteiger partial charge in [-0.2, -0.15) is 11.8 Å². The quantitative estimate of drug-likeness (QED) is 0.691. The van der Waals surface area contributed by atoms with Crippen LogP contribution in [-0.4, -0.2) is 29.8 Å². The van der Waals surface area contributed by atoms with Gasteiger partial charge in [0.1, 0.15) is 0 Å². The van der Waals surface area contributed by atoms with Gasteiger partial charge in [0, 0.05) is 5.75 Å². The molecular weight excluding hydrogens is 266 g/mol. The molecule has 0 aliphatic carbocycles. The van der Waals surface area contributed by atoms with Gasteiger partial charge in [0.25, 0.3) is 0 Å². The Morgan fingerprint density at radius 2 is 1.95 bits per heavy atom. The number of rotatable bonds is 10. The number of benzene rings is 1. The Bertz CT molecular complexity index is 357. The Balaban J connectivity index is 2.77. The molecule has 0 heterocycles. The van der Waals surface area contributed by atoms with E-state index in [0.29, 0.717) is 0 Å². The van der Waals surface area contributed by atoms with Crippen molar-refractivity contribution in [3.63, 3.8) is 0 Å². The Kier molecular flexibility index (Phi) is 8.27. The predicted molar refractivity (Wildman–Crippen MR) is 90.3 cm³/mol. The first-order chi connectivity index (χ1) is 9.68. The number of hydrogen-bond acceptors (Lipinski definition) is 3. The van der Waals surface area contributed by atoms with Crippen LogP contribution in [0.3, 0.4) is 0 Å². The fourth-order valence-corrected chi connectivity index (χ4v) is 3.57. The van der Waals surface area contributed by atoms with Crippen molar-refractivity contribution in [2.45, 2.75) is 39.2 Å². The van der Waals surface area contributed by atoms with Crippen LogP contribution in [0.4, 0.5) is 0 Å². The summed E-state index contributed by atoms with van der Waals surface area (Å²) < 4.78 is 0. The highest BCUT2D eigenvalue weighted by Gasteiger charge is 2.30. The molecule has 0 aliphatic heterocycles. The molecule has 114 valence electrons. The third kappa shape index (κ3) is 5.12. The van der Waals surface area contributed by atoms with E-state index in [1.165, 1.54) is 12.0 Å². The van der Waals surface area contributed by atoms with Gasteiger partial charge in [-0.1, -0.05) is 57.5 Å². The number of aliphatic hydroxyl groups is 1. The molecule has 0 radical (unpaired) electrons. The molecule has 3 heteroatoms. The second kappa shape index (κ2) is 9.43. The Hall–Kier alpha value is -0.510. The zero-order valence-electron chi connectivity index (χ0n) is 13.1. The lowest BCUT2D eigenvalue weighted by Gasteiger charge is -2.34. The third-order valence-corrected chi connectivity index (χ3v) is 5.26. The van der Waals surface area contributed by atoms with Crippen LogP contribution >= 0.6 is 11.8 Å². The maximum Gasteiger partial charge on any atom is 0.0760 e. The summed E-state index contributed by atoms with van der Waals surface area (Å²) in [5.74, 6) is 2.80. The molecule has 1 aromatic carbocycles. The van der Waals surface area contributed by atoms with E-state index in [1.54, 1.807) is 0 Å². The minimum Gasteiger partial charge on any atom is -0.394 e. The van der Waals surface area contributed by atoms with Crippen LogP contribution in [0.15, 0.2) is 30.3 Å². The zero-order chi connectivity index (χ0) is 14.8. The van der Waals surface area contributed by atoms with Gasteiger partial charge in [-0.3, -0.25) is 0 Å². The lowest BCUT2D eigenvalue weighted by atomic mass is 9.92. The van der Waals surface area contributed by atoms with Crippen molar-refractivity contribution < 1.29 is 5.11 Å². The smallest absolute Gasteiger partial charge is 0.0760 e. The average Bonchev–Trinajstić information content (AvgIpc) is 2.51. The van der Waals surface area contributed by atoms with E-state index in [2.05, 4.69) is 38.2 Å². The lowest BCUT2D eigenvalue weighted by molar-refractivity contribution is 0.179. The minimum absolute atomic E-state index is 0.143. The molecule has 0 saturated carbocycles. The van der Waals surface area contributed by atoms with E-state index in [-0.39, 0.29) is 12.1 Å². The molecule has 0 spiro atoms. The third-order valence-electron chi connectivity index (χ3n) is 3.76. The molecule has 1 aromatic rings. The van der Waals surface area contributed by atoms with E-state index in [1.807, 2.05) is 30.0 Å². The average molecular weight is 295 g/mol. The molecular formula is C17H29NOS. The van der Waals surface area contributed by atoms with Gasteiger partial charge < -0.3 is 10.4 Å². The number of aliphatic hydroxyl groups excluding tert-OH is 1. The molecule has 2 N–H and O–H groups in total. The second-order valence-electron chi connectivity index (χ2n) is 5.56. The van der Waals surface area contributed by atoms with Gasteiger partial charge in [-0.25, -0.2) is 0 Å². The summed E-state index contributed by atoms with van der Waals surface area (Å²) >= 11 is 1.94. The van der Waals surface area contributed by atoms with E-state index in [4.69, 9.17) is 0 Å². The maximum absolute atomic E-state index is 10.0. The first kappa shape index (κ1) is 17.5. The molecule has 2 atom stereocenters. The monoisotopic (exact) mass is 295 g/mol. The summed E-state index contributed by atoms with van der Waals surface area (Å²) in [6.07, 6.45) is 2.29. The fourth-order valence-electron chi connectivity index (χ4n) is 2.10. The second-order valence-corrected chi connectivity index (χ2v) is 6.59. The Morgan fingerprint density at radius 1 is 1.25 bits per heavy atom. The molecule has 20 heavy (non-hydrogen) atoms. The fraction of sp³-hybridized carbons (Fsp3) is 0.647. The van der Waals surface area contributed by atoms with Gasteiger partial charge in [0.2, 0.25) is 0 Å². The van der Waals surface area contributed by atoms with Crippen LogP contribution in [0.1, 0.15) is 39.2 Å². The van der Waals surface area contributed by atoms with Gasteiger partial charge in [0.05, 0.1) is 12.1 Å². The largest absolute Gasteiger partial charge is 0.394 e. The SMILES string of the molecule is CCCNC(CO)(CSCC(C)CC)c1ccccc1. The molecule has 2 nitrogen and oxygen atoms in total. The zero-order valence-corrected chi connectivity index (χ0v) is 13.9. The minimum atomic E-state index is -0.310. The number of nitrogens with one attached hydrogen (secondary N) is 1. The van der Waals surface area contributed by atoms with Crippen molar-refractivity contribution in [2.75, 3.05) is 24.7 Å². The molecule has 0 amide bonds. The molecule has 2 unspecified atom stereocenters. The van der Waals surface area contributed by atoms with Gasteiger partial charge in [-0.05, 0) is 30.2 Å². The normalized spacial score (nSPS) is 15.8. The number of hydrogen-bond donors (Lipinski definition) is 2. The first-order valence-corrected chi connectivity index (χ1v) is 8.83. The molecule has 0 aromatic heterocycles. The van der Waals surface area contributed by atoms with Crippen molar-refractivity contribution in [3.8, 4) is 0 Å². The van der Waals surface area contributed by atoms with E-state index < -0.39 is 0 Å². The van der Waals surface area contributed by atoms with Crippen LogP contribution in [-0.2, 0) is 5.54 Å². The van der Waals surface area contributed by atoms with Crippen LogP contribution in [0.25, 0.3) is 0 Å². The summed E-state index contributed by atoms with van der Waals surface area (Å²) in [5.41, 5.74) is 0.877. The van der Waals surface area contributed by atoms with Crippen LogP contribution < -0.4 is 5.32 Å². The summed E-state index contributed by atoms with van der Waals surface area (Å²) in [6.45, 7) is 7.75. The molecule has 1 rings (SSSR count). The van der Waals surface area contributed by atoms with Gasteiger partial charge in [0.15, 0.2) is 0 Å². The van der Waals surface area contributed by atoms with Crippen LogP contribution in [0.2, 0.25) is 0 Å². The highest BCUT2D eigenvalue weighted by Crippen LogP contribution is 2.27. The van der Waals surface area contributed by atoms with Crippen molar-refractivity contribution in [3.05, 3.63) is 35.9 Å². The lowest BCUT2D eigenvalue weighted by Crippen LogP contribution is -2.48. The van der Waals surface area contributed by atoms with E-state index in [0.717, 1.165) is 30.4 Å². The van der Waals surface area contributed by atoms with Gasteiger partial charge in [-0.15, -0.1) is 0 Å². The van der Waals surface area contributed by atoms with Crippen molar-refractivity contribution in [2.24, 2.45) is 5.92 Å². The summed E-state index contributed by atoms with van der Waals surface area (Å²) in [4.78, 5) is 0. The molecule has 0 aliphatic rings. The topological polar surface area (TPSA) is 32.3 Å². The van der Waals surface area contributed by atoms with Crippen LogP contribution in [0.5, 0.6) is 0 Å². The maximum atomic E-state index is 10.0. The van der Waals surface area contributed by atoms with Crippen molar-refractivity contribution in [1.82, 2.24) is 5.32 Å². The Labute approximate surface area is 128 Å². The molecule has 0 fully saturated rings. The first-order valence-electron chi connectivity index (χ1n) is 7.67. The highest BCUT2D eigenvalue weighted by atomic mass is 32.2. The van der Waals surface area contributed by atoms with Gasteiger partial charge >= 0.3 is 0 Å². The number of thioether (sulfide) groups is 1. The molecule has 0 saturated heterocycles. The Morgan fingerprint density at radius 3 is 2.50 bits per heavy atom. The van der Waals surface area contributed by atoms with Crippen LogP contribution in [0, 0.1) is 5.92 Å². The van der Waals surface area contributed by atoms with Crippen molar-refractivity contribution in [1.29, 1.82) is 0 Å². The van der Waals surface area contributed by atoms with E-state index in [9.17, 15) is 5.11 Å². The molecule has 0 bridgehead atoms. The highest BCUT2D eigenvalue weighted by molar-refractivity contribution is 7.99.